The third-order valence-electron chi connectivity index (χ3n) is 1.66. The van der Waals surface area contributed by atoms with E-state index in [1.54, 1.807) is 0 Å². The lowest BCUT2D eigenvalue weighted by Gasteiger charge is -2.02. The van der Waals surface area contributed by atoms with Crippen molar-refractivity contribution in [2.45, 2.75) is 6.92 Å². The van der Waals surface area contributed by atoms with E-state index in [-0.39, 0.29) is 11.6 Å². The molecule has 0 saturated carbocycles. The quantitative estimate of drug-likeness (QED) is 0.247. The Bertz CT molecular complexity index is 409. The van der Waals surface area contributed by atoms with Crippen LogP contribution in [0.4, 0.5) is 0 Å². The smallest absolute Gasteiger partial charge is 0.379 e. The molecule has 0 fully saturated rings. The average Bonchev–Trinajstić information content (AvgIpc) is 2.18. The maximum atomic E-state index is 10.9. The molecule has 0 aromatic heterocycles. The van der Waals surface area contributed by atoms with Gasteiger partial charge in [0.1, 0.15) is 11.6 Å². The molecule has 78 valence electrons. The van der Waals surface area contributed by atoms with Gasteiger partial charge < -0.3 is 10.5 Å². The molecule has 0 heterocycles. The molecule has 1 aromatic rings. The summed E-state index contributed by atoms with van der Waals surface area (Å²) in [7, 11) is 0. The molecule has 0 spiro atoms. The van der Waals surface area contributed by atoms with E-state index in [0.717, 1.165) is 6.92 Å². The van der Waals surface area contributed by atoms with E-state index >= 15 is 0 Å². The minimum atomic E-state index is -0.912. The normalized spacial score (nSPS) is 9.40. The first-order valence-corrected chi connectivity index (χ1v) is 4.18. The lowest BCUT2D eigenvalue weighted by Crippen LogP contribution is -2.17. The van der Waals surface area contributed by atoms with Gasteiger partial charge in [-0.2, -0.15) is 0 Å². The van der Waals surface area contributed by atoms with Crippen LogP contribution in [0.3, 0.4) is 0 Å². The van der Waals surface area contributed by atoms with Crippen LogP contribution in [0.1, 0.15) is 12.5 Å². The molecule has 0 amide bonds. The number of Topliss-reactive ketones (excluding diaryl/α,β-unsaturated/α-hetero) is 1. The van der Waals surface area contributed by atoms with E-state index in [4.69, 9.17) is 15.9 Å². The molecule has 0 radical (unpaired) electrons. The van der Waals surface area contributed by atoms with Gasteiger partial charge in [-0.1, -0.05) is 0 Å². The van der Waals surface area contributed by atoms with Crippen molar-refractivity contribution in [2.24, 2.45) is 5.73 Å². The van der Waals surface area contributed by atoms with Gasteiger partial charge in [0.2, 0.25) is 5.78 Å². The second kappa shape index (κ2) is 4.36. The fourth-order valence-corrected chi connectivity index (χ4v) is 0.881. The fourth-order valence-electron chi connectivity index (χ4n) is 0.881. The molecule has 5 heteroatoms. The number of ether oxygens (including phenoxy) is 1. The molecule has 0 unspecified atom stereocenters. The largest absolute Gasteiger partial charge is 0.421 e. The predicted molar refractivity (Wildman–Crippen MR) is 53.8 cm³/mol. The highest BCUT2D eigenvalue weighted by molar-refractivity contribution is 6.33. The van der Waals surface area contributed by atoms with E-state index in [1.165, 1.54) is 24.3 Å². The number of amidine groups is 1. The number of carbonyl (C=O) groups excluding carboxylic acids is 2. The van der Waals surface area contributed by atoms with Crippen LogP contribution in [0, 0.1) is 5.41 Å². The zero-order valence-electron chi connectivity index (χ0n) is 8.11. The zero-order chi connectivity index (χ0) is 11.4. The monoisotopic (exact) mass is 206 g/mol. The minimum Gasteiger partial charge on any atom is -0.421 e. The molecule has 1 rings (SSSR count). The highest BCUT2D eigenvalue weighted by Crippen LogP contribution is 2.11. The number of nitrogens with one attached hydrogen (secondary N) is 1. The number of esters is 1. The van der Waals surface area contributed by atoms with Crippen LogP contribution in [0.15, 0.2) is 24.3 Å². The summed E-state index contributed by atoms with van der Waals surface area (Å²) in [6, 6.07) is 6.01. The molecule has 0 aliphatic carbocycles. The van der Waals surface area contributed by atoms with Crippen molar-refractivity contribution < 1.29 is 14.3 Å². The summed E-state index contributed by atoms with van der Waals surface area (Å²) in [5, 5.41) is 7.13. The molecule has 0 atom stereocenters. The molecule has 3 N–H and O–H groups in total. The zero-order valence-corrected chi connectivity index (χ0v) is 8.11. The summed E-state index contributed by atoms with van der Waals surface area (Å²) < 4.78 is 4.71. The van der Waals surface area contributed by atoms with Crippen LogP contribution in [-0.2, 0) is 9.59 Å². The number of hydrogen-bond acceptors (Lipinski definition) is 4. The van der Waals surface area contributed by atoms with Crippen LogP contribution in [-0.4, -0.2) is 17.6 Å². The maximum absolute atomic E-state index is 10.9. The molecule has 1 aromatic carbocycles. The lowest BCUT2D eigenvalue weighted by molar-refractivity contribution is -0.146. The van der Waals surface area contributed by atoms with Crippen molar-refractivity contribution in [2.75, 3.05) is 0 Å². The van der Waals surface area contributed by atoms with Gasteiger partial charge in [-0.25, -0.2) is 4.79 Å². The summed E-state index contributed by atoms with van der Waals surface area (Å²) in [4.78, 5) is 21.5. The second-order valence-electron chi connectivity index (χ2n) is 2.88. The van der Waals surface area contributed by atoms with Crippen LogP contribution in [0.5, 0.6) is 5.75 Å². The third-order valence-corrected chi connectivity index (χ3v) is 1.66. The molecule has 0 bridgehead atoms. The van der Waals surface area contributed by atoms with Gasteiger partial charge in [0.05, 0.1) is 0 Å². The standard InChI is InChI=1S/C10H10N2O3/c1-6(13)10(14)15-8-4-2-7(3-5-8)9(11)12/h2-5H,1H3,(H3,11,12). The summed E-state index contributed by atoms with van der Waals surface area (Å²) >= 11 is 0. The first-order valence-electron chi connectivity index (χ1n) is 4.18. The molecule has 0 aliphatic heterocycles. The van der Waals surface area contributed by atoms with Crippen molar-refractivity contribution in [3.63, 3.8) is 0 Å². The highest BCUT2D eigenvalue weighted by Gasteiger charge is 2.10. The molecule has 5 nitrogen and oxygen atoms in total. The van der Waals surface area contributed by atoms with Crippen LogP contribution >= 0.6 is 0 Å². The Morgan fingerprint density at radius 2 is 1.80 bits per heavy atom. The van der Waals surface area contributed by atoms with E-state index < -0.39 is 11.8 Å². The molecular formula is C10H10N2O3. The second-order valence-corrected chi connectivity index (χ2v) is 2.88. The number of carbonyl (C=O) groups is 2. The first-order chi connectivity index (χ1) is 7.00. The van der Waals surface area contributed by atoms with Crippen LogP contribution < -0.4 is 10.5 Å². The van der Waals surface area contributed by atoms with E-state index in [1.807, 2.05) is 0 Å². The Balaban J connectivity index is 2.77. The number of benzene rings is 1. The number of hydrogen-bond donors (Lipinski definition) is 2. The van der Waals surface area contributed by atoms with E-state index in [9.17, 15) is 9.59 Å². The third kappa shape index (κ3) is 2.91. The van der Waals surface area contributed by atoms with Crippen LogP contribution in [0.25, 0.3) is 0 Å². The molecule has 0 aliphatic rings. The highest BCUT2D eigenvalue weighted by atomic mass is 16.5. The van der Waals surface area contributed by atoms with Crippen molar-refractivity contribution in [1.82, 2.24) is 0 Å². The van der Waals surface area contributed by atoms with Crippen molar-refractivity contribution >= 4 is 17.6 Å². The Morgan fingerprint density at radius 3 is 2.20 bits per heavy atom. The van der Waals surface area contributed by atoms with Gasteiger partial charge >= 0.3 is 5.97 Å². The summed E-state index contributed by atoms with van der Waals surface area (Å²) in [5.74, 6) is -1.39. The summed E-state index contributed by atoms with van der Waals surface area (Å²) in [6.45, 7) is 1.13. The van der Waals surface area contributed by atoms with E-state index in [2.05, 4.69) is 0 Å². The molecular weight excluding hydrogens is 196 g/mol. The summed E-state index contributed by atoms with van der Waals surface area (Å²) in [6.07, 6.45) is 0. The van der Waals surface area contributed by atoms with Gasteiger partial charge in [-0.05, 0) is 24.3 Å². The number of nitrogens with two attached hydrogens (primary N) is 1. The van der Waals surface area contributed by atoms with Crippen LogP contribution in [0.2, 0.25) is 0 Å². The maximum Gasteiger partial charge on any atom is 0.379 e. The first kappa shape index (κ1) is 10.9. The molecule has 15 heavy (non-hydrogen) atoms. The van der Waals surface area contributed by atoms with Crippen molar-refractivity contribution in [3.05, 3.63) is 29.8 Å². The van der Waals surface area contributed by atoms with Gasteiger partial charge in [0, 0.05) is 12.5 Å². The van der Waals surface area contributed by atoms with Gasteiger partial charge in [0.15, 0.2) is 0 Å². The van der Waals surface area contributed by atoms with E-state index in [0.29, 0.717) is 5.56 Å². The van der Waals surface area contributed by atoms with Crippen molar-refractivity contribution in [3.8, 4) is 5.75 Å². The number of rotatable bonds is 3. The topological polar surface area (TPSA) is 93.2 Å². The summed E-state index contributed by atoms with van der Waals surface area (Å²) in [5.41, 5.74) is 5.76. The Hall–Kier alpha value is -2.17. The lowest BCUT2D eigenvalue weighted by atomic mass is 10.2. The Morgan fingerprint density at radius 1 is 1.27 bits per heavy atom. The SMILES string of the molecule is CC(=O)C(=O)Oc1ccc(C(=N)N)cc1. The van der Waals surface area contributed by atoms with Crippen molar-refractivity contribution in [1.29, 1.82) is 5.41 Å². The fraction of sp³-hybridized carbons (Fsp3) is 0.100. The van der Waals surface area contributed by atoms with Gasteiger partial charge in [-0.3, -0.25) is 10.2 Å². The number of ketones is 1. The van der Waals surface area contributed by atoms with Gasteiger partial charge in [-0.15, -0.1) is 0 Å². The van der Waals surface area contributed by atoms with Gasteiger partial charge in [0.25, 0.3) is 0 Å². The predicted octanol–water partition coefficient (Wildman–Crippen LogP) is 0.465. The number of nitrogen functional groups attached to an aromatic ring is 1. The minimum absolute atomic E-state index is 0.0700. The average molecular weight is 206 g/mol. The molecule has 0 saturated heterocycles. The Labute approximate surface area is 86.4 Å². The Kier molecular flexibility index (Phi) is 3.17.